The fourth-order valence-corrected chi connectivity index (χ4v) is 7.84. The number of benzene rings is 3. The van der Waals surface area contributed by atoms with Gasteiger partial charge in [0, 0.05) is 11.1 Å². The van der Waals surface area contributed by atoms with Crippen molar-refractivity contribution in [2.24, 2.45) is 17.8 Å². The van der Waals surface area contributed by atoms with Gasteiger partial charge in [-0.2, -0.15) is 0 Å². The van der Waals surface area contributed by atoms with Crippen molar-refractivity contribution in [2.75, 3.05) is 0 Å². The summed E-state index contributed by atoms with van der Waals surface area (Å²) >= 11 is 0. The SMILES string of the molecule is CCCCCCCC1CCC(C2CCC(c3ccc(-c4ccc(-c5ccc(CC)c(F)c5F)cc4)c(F)c3)CC2)CC1. The van der Waals surface area contributed by atoms with E-state index in [4.69, 9.17) is 0 Å². The van der Waals surface area contributed by atoms with Gasteiger partial charge in [-0.1, -0.05) is 114 Å². The van der Waals surface area contributed by atoms with Crippen LogP contribution in [-0.4, -0.2) is 0 Å². The van der Waals surface area contributed by atoms with E-state index in [9.17, 15) is 8.78 Å². The van der Waals surface area contributed by atoms with Crippen molar-refractivity contribution >= 4 is 0 Å². The molecule has 226 valence electrons. The molecule has 2 fully saturated rings. The molecule has 0 aromatic heterocycles. The predicted molar refractivity (Wildman–Crippen MR) is 170 cm³/mol. The number of unbranched alkanes of at least 4 members (excludes halogenated alkanes) is 4. The highest BCUT2D eigenvalue weighted by atomic mass is 19.2. The van der Waals surface area contributed by atoms with Crippen LogP contribution in [0.4, 0.5) is 13.2 Å². The Labute approximate surface area is 252 Å². The largest absolute Gasteiger partial charge is 0.206 e. The standard InChI is InChI=1S/C39H49F3/c1-3-5-6-7-8-9-27-10-12-29(13-11-27)30-14-16-31(17-15-30)34-23-24-35(37(40)26-34)32-18-20-33(21-19-32)36-25-22-28(4-2)38(41)39(36)42/h18-27,29-31H,3-17H2,1-2H3. The van der Waals surface area contributed by atoms with Gasteiger partial charge in [-0.25, -0.2) is 13.2 Å². The van der Waals surface area contributed by atoms with Gasteiger partial charge in [-0.3, -0.25) is 0 Å². The maximum absolute atomic E-state index is 15.4. The summed E-state index contributed by atoms with van der Waals surface area (Å²) in [6.07, 6.45) is 19.4. The van der Waals surface area contributed by atoms with Crippen LogP contribution < -0.4 is 0 Å². The van der Waals surface area contributed by atoms with Crippen molar-refractivity contribution in [1.29, 1.82) is 0 Å². The molecule has 2 aliphatic carbocycles. The van der Waals surface area contributed by atoms with Crippen molar-refractivity contribution in [1.82, 2.24) is 0 Å². The minimum Gasteiger partial charge on any atom is -0.206 e. The smallest absolute Gasteiger partial charge is 0.166 e. The van der Waals surface area contributed by atoms with Crippen LogP contribution in [0.3, 0.4) is 0 Å². The minimum absolute atomic E-state index is 0.208. The zero-order chi connectivity index (χ0) is 29.5. The molecular weight excluding hydrogens is 525 g/mol. The van der Waals surface area contributed by atoms with E-state index in [1.807, 2.05) is 6.07 Å². The van der Waals surface area contributed by atoms with E-state index in [1.54, 1.807) is 49.4 Å². The third kappa shape index (κ3) is 7.32. The fourth-order valence-electron chi connectivity index (χ4n) is 7.84. The second kappa shape index (κ2) is 14.8. The maximum Gasteiger partial charge on any atom is 0.166 e. The average Bonchev–Trinajstić information content (AvgIpc) is 3.03. The summed E-state index contributed by atoms with van der Waals surface area (Å²) in [5, 5.41) is 0. The summed E-state index contributed by atoms with van der Waals surface area (Å²) in [7, 11) is 0. The molecule has 2 aliphatic rings. The minimum atomic E-state index is -0.826. The number of aryl methyl sites for hydroxylation is 1. The van der Waals surface area contributed by atoms with Gasteiger partial charge in [0.15, 0.2) is 11.6 Å². The lowest BCUT2D eigenvalue weighted by Crippen LogP contribution is -2.25. The first kappa shape index (κ1) is 30.9. The summed E-state index contributed by atoms with van der Waals surface area (Å²) in [6, 6.07) is 16.1. The van der Waals surface area contributed by atoms with Crippen molar-refractivity contribution in [3.8, 4) is 22.3 Å². The Morgan fingerprint density at radius 3 is 1.81 bits per heavy atom. The molecule has 0 spiro atoms. The Morgan fingerprint density at radius 2 is 1.19 bits per heavy atom. The Bertz CT molecular complexity index is 1280. The Balaban J connectivity index is 1.13. The van der Waals surface area contributed by atoms with E-state index >= 15 is 4.39 Å². The van der Waals surface area contributed by atoms with Crippen LogP contribution in [-0.2, 0) is 6.42 Å². The highest BCUT2D eigenvalue weighted by Gasteiger charge is 2.31. The number of halogens is 3. The van der Waals surface area contributed by atoms with Gasteiger partial charge in [0.2, 0.25) is 0 Å². The van der Waals surface area contributed by atoms with Gasteiger partial charge >= 0.3 is 0 Å². The molecule has 0 amide bonds. The van der Waals surface area contributed by atoms with Crippen molar-refractivity contribution in [3.63, 3.8) is 0 Å². The second-order valence-electron chi connectivity index (χ2n) is 13.2. The Morgan fingerprint density at radius 1 is 0.595 bits per heavy atom. The summed E-state index contributed by atoms with van der Waals surface area (Å²) in [5.74, 6) is 1.34. The van der Waals surface area contributed by atoms with Crippen LogP contribution in [0.1, 0.15) is 121 Å². The normalized spacial score (nSPS) is 22.8. The molecule has 0 radical (unpaired) electrons. The molecule has 42 heavy (non-hydrogen) atoms. The van der Waals surface area contributed by atoms with Crippen LogP contribution in [0.25, 0.3) is 22.3 Å². The van der Waals surface area contributed by atoms with Crippen LogP contribution in [0.2, 0.25) is 0 Å². The molecule has 3 aromatic carbocycles. The summed E-state index contributed by atoms with van der Waals surface area (Å²) in [6.45, 7) is 4.09. The first-order valence-corrected chi connectivity index (χ1v) is 16.9. The second-order valence-corrected chi connectivity index (χ2v) is 13.2. The molecule has 2 saturated carbocycles. The van der Waals surface area contributed by atoms with Crippen LogP contribution in [0.15, 0.2) is 54.6 Å². The zero-order valence-corrected chi connectivity index (χ0v) is 25.7. The van der Waals surface area contributed by atoms with Gasteiger partial charge in [0.25, 0.3) is 0 Å². The third-order valence-corrected chi connectivity index (χ3v) is 10.6. The molecule has 3 heteroatoms. The monoisotopic (exact) mass is 574 g/mol. The zero-order valence-electron chi connectivity index (χ0n) is 25.7. The maximum atomic E-state index is 15.4. The molecule has 0 bridgehead atoms. The van der Waals surface area contributed by atoms with Gasteiger partial charge in [-0.15, -0.1) is 0 Å². The van der Waals surface area contributed by atoms with Crippen molar-refractivity contribution < 1.29 is 13.2 Å². The summed E-state index contributed by atoms with van der Waals surface area (Å²) in [4.78, 5) is 0. The fraction of sp³-hybridized carbons (Fsp3) is 0.538. The molecule has 3 aromatic rings. The lowest BCUT2D eigenvalue weighted by molar-refractivity contribution is 0.155. The lowest BCUT2D eigenvalue weighted by Gasteiger charge is -2.38. The highest BCUT2D eigenvalue weighted by Crippen LogP contribution is 2.45. The predicted octanol–water partition coefficient (Wildman–Crippen LogP) is 12.4. The number of hydrogen-bond acceptors (Lipinski definition) is 0. The molecule has 0 heterocycles. The quantitative estimate of drug-likeness (QED) is 0.200. The van der Waals surface area contributed by atoms with Crippen LogP contribution in [0, 0.1) is 35.2 Å². The highest BCUT2D eigenvalue weighted by molar-refractivity contribution is 5.71. The molecular formula is C39H49F3. The van der Waals surface area contributed by atoms with E-state index in [0.29, 0.717) is 29.0 Å². The third-order valence-electron chi connectivity index (χ3n) is 10.6. The molecule has 0 aliphatic heterocycles. The molecule has 0 nitrogen and oxygen atoms in total. The first-order valence-electron chi connectivity index (χ1n) is 16.9. The van der Waals surface area contributed by atoms with E-state index < -0.39 is 11.6 Å². The summed E-state index contributed by atoms with van der Waals surface area (Å²) in [5.41, 5.74) is 3.60. The van der Waals surface area contributed by atoms with Crippen LogP contribution >= 0.6 is 0 Å². The Kier molecular flexibility index (Phi) is 10.9. The topological polar surface area (TPSA) is 0 Å². The molecule has 0 unspecified atom stereocenters. The van der Waals surface area contributed by atoms with Crippen molar-refractivity contribution in [3.05, 3.63) is 83.2 Å². The number of rotatable bonds is 11. The molecule has 0 atom stereocenters. The molecule has 0 N–H and O–H groups in total. The molecule has 5 rings (SSSR count). The van der Waals surface area contributed by atoms with Crippen molar-refractivity contribution in [2.45, 2.75) is 116 Å². The van der Waals surface area contributed by atoms with Crippen LogP contribution in [0.5, 0.6) is 0 Å². The number of hydrogen-bond donors (Lipinski definition) is 0. The average molecular weight is 575 g/mol. The van der Waals surface area contributed by atoms with E-state index in [-0.39, 0.29) is 11.4 Å². The van der Waals surface area contributed by atoms with Gasteiger partial charge < -0.3 is 0 Å². The van der Waals surface area contributed by atoms with Gasteiger partial charge in [-0.05, 0) is 96.9 Å². The van der Waals surface area contributed by atoms with E-state index in [2.05, 4.69) is 13.0 Å². The summed E-state index contributed by atoms with van der Waals surface area (Å²) < 4.78 is 44.3. The molecule has 0 saturated heterocycles. The van der Waals surface area contributed by atoms with Gasteiger partial charge in [0.1, 0.15) is 5.82 Å². The first-order chi connectivity index (χ1) is 20.5. The van der Waals surface area contributed by atoms with Gasteiger partial charge in [0.05, 0.1) is 0 Å². The van der Waals surface area contributed by atoms with E-state index in [0.717, 1.165) is 41.7 Å². The Hall–Kier alpha value is -2.55. The lowest BCUT2D eigenvalue weighted by atomic mass is 9.68. The van der Waals surface area contributed by atoms with E-state index in [1.165, 1.54) is 77.0 Å².